The Balaban J connectivity index is 2.42. The first-order chi connectivity index (χ1) is 9.84. The number of ether oxygens (including phenoxy) is 1. The van der Waals surface area contributed by atoms with Gasteiger partial charge in [0.15, 0.2) is 0 Å². The molecule has 0 unspecified atom stereocenters. The summed E-state index contributed by atoms with van der Waals surface area (Å²) in [6, 6.07) is 2.62. The molecular formula is C12H8F4N2O3. The standard InChI is InChI=1S/C12H8F4N2O3/c1-2-20-11(19)10-18-17-9(21-10)6-4-3-5-7(8(6)13)12(14,15)16/h3-5H,2H2,1H3. The fraction of sp³-hybridized carbons (Fsp3) is 0.250. The van der Waals surface area contributed by atoms with E-state index in [1.54, 1.807) is 6.92 Å². The van der Waals surface area contributed by atoms with E-state index in [0.717, 1.165) is 12.1 Å². The van der Waals surface area contributed by atoms with E-state index in [1.807, 2.05) is 0 Å². The Hall–Kier alpha value is -2.45. The maximum atomic E-state index is 13.8. The van der Waals surface area contributed by atoms with Crippen LogP contribution in [0.15, 0.2) is 22.6 Å². The van der Waals surface area contributed by atoms with Crippen molar-refractivity contribution in [3.8, 4) is 11.5 Å². The number of esters is 1. The molecule has 0 radical (unpaired) electrons. The Bertz CT molecular complexity index is 667. The number of nitrogens with zero attached hydrogens (tertiary/aromatic N) is 2. The van der Waals surface area contributed by atoms with Gasteiger partial charge in [0.1, 0.15) is 5.82 Å². The Morgan fingerprint density at radius 2 is 2.05 bits per heavy atom. The van der Waals surface area contributed by atoms with Crippen molar-refractivity contribution < 1.29 is 31.5 Å². The highest BCUT2D eigenvalue weighted by atomic mass is 19.4. The molecule has 1 aromatic heterocycles. The van der Waals surface area contributed by atoms with Gasteiger partial charge in [-0.15, -0.1) is 10.2 Å². The predicted octanol–water partition coefficient (Wildman–Crippen LogP) is 3.07. The van der Waals surface area contributed by atoms with Crippen molar-refractivity contribution in [1.29, 1.82) is 0 Å². The van der Waals surface area contributed by atoms with Gasteiger partial charge in [-0.05, 0) is 19.1 Å². The molecule has 0 spiro atoms. The molecule has 112 valence electrons. The lowest BCUT2D eigenvalue weighted by molar-refractivity contribution is -0.139. The van der Waals surface area contributed by atoms with Crippen LogP contribution in [0.1, 0.15) is 23.2 Å². The first kappa shape index (κ1) is 14.9. The third-order valence-electron chi connectivity index (χ3n) is 2.41. The maximum absolute atomic E-state index is 13.8. The lowest BCUT2D eigenvalue weighted by Crippen LogP contribution is -2.08. The van der Waals surface area contributed by atoms with Crippen LogP contribution in [0.2, 0.25) is 0 Å². The van der Waals surface area contributed by atoms with Gasteiger partial charge in [-0.3, -0.25) is 0 Å². The van der Waals surface area contributed by atoms with Crippen LogP contribution in [0.3, 0.4) is 0 Å². The van der Waals surface area contributed by atoms with Crippen LogP contribution in [0, 0.1) is 5.82 Å². The normalized spacial score (nSPS) is 11.5. The van der Waals surface area contributed by atoms with Gasteiger partial charge in [-0.25, -0.2) is 9.18 Å². The van der Waals surface area contributed by atoms with Crippen LogP contribution in [0.25, 0.3) is 11.5 Å². The van der Waals surface area contributed by atoms with Crippen LogP contribution in [0.4, 0.5) is 17.6 Å². The van der Waals surface area contributed by atoms with Crippen molar-refractivity contribution in [2.24, 2.45) is 0 Å². The molecule has 0 aliphatic carbocycles. The number of halogens is 4. The summed E-state index contributed by atoms with van der Waals surface area (Å²) in [7, 11) is 0. The van der Waals surface area contributed by atoms with Gasteiger partial charge in [0.2, 0.25) is 0 Å². The van der Waals surface area contributed by atoms with Crippen LogP contribution < -0.4 is 0 Å². The quantitative estimate of drug-likeness (QED) is 0.644. The lowest BCUT2D eigenvalue weighted by atomic mass is 10.1. The van der Waals surface area contributed by atoms with Gasteiger partial charge in [0.25, 0.3) is 5.89 Å². The number of carbonyl (C=O) groups is 1. The summed E-state index contributed by atoms with van der Waals surface area (Å²) >= 11 is 0. The summed E-state index contributed by atoms with van der Waals surface area (Å²) in [6.07, 6.45) is -4.86. The Morgan fingerprint density at radius 1 is 1.33 bits per heavy atom. The molecule has 1 heterocycles. The molecule has 0 amide bonds. The van der Waals surface area contributed by atoms with Crippen LogP contribution in [-0.4, -0.2) is 22.8 Å². The monoisotopic (exact) mass is 304 g/mol. The predicted molar refractivity (Wildman–Crippen MR) is 60.7 cm³/mol. The van der Waals surface area contributed by atoms with Crippen molar-refractivity contribution in [3.05, 3.63) is 35.5 Å². The molecule has 21 heavy (non-hydrogen) atoms. The molecule has 5 nitrogen and oxygen atoms in total. The molecule has 9 heteroatoms. The Morgan fingerprint density at radius 3 is 2.67 bits per heavy atom. The highest BCUT2D eigenvalue weighted by Gasteiger charge is 2.35. The van der Waals surface area contributed by atoms with Gasteiger partial charge in [0, 0.05) is 0 Å². The number of hydrogen-bond donors (Lipinski definition) is 0. The molecule has 0 saturated carbocycles. The summed E-state index contributed by atoms with van der Waals surface area (Å²) in [5, 5.41) is 6.65. The Kier molecular flexibility index (Phi) is 3.92. The molecule has 0 bridgehead atoms. The molecular weight excluding hydrogens is 296 g/mol. The van der Waals surface area contributed by atoms with Crippen LogP contribution in [-0.2, 0) is 10.9 Å². The number of hydrogen-bond acceptors (Lipinski definition) is 5. The summed E-state index contributed by atoms with van der Waals surface area (Å²) in [4.78, 5) is 11.3. The number of alkyl halides is 3. The van der Waals surface area contributed by atoms with Gasteiger partial charge in [-0.2, -0.15) is 13.2 Å². The summed E-state index contributed by atoms with van der Waals surface area (Å²) < 4.78 is 61.0. The summed E-state index contributed by atoms with van der Waals surface area (Å²) in [5.74, 6) is -3.60. The SMILES string of the molecule is CCOC(=O)c1nnc(-c2cccc(C(F)(F)F)c2F)o1. The zero-order chi connectivity index (χ0) is 15.6. The molecule has 0 aliphatic rings. The van der Waals surface area contributed by atoms with E-state index in [1.165, 1.54) is 0 Å². The number of carbonyl (C=O) groups excluding carboxylic acids is 1. The minimum absolute atomic E-state index is 0.0501. The number of benzene rings is 1. The molecule has 0 fully saturated rings. The van der Waals surface area contributed by atoms with Crippen molar-refractivity contribution in [2.75, 3.05) is 6.61 Å². The zero-order valence-corrected chi connectivity index (χ0v) is 10.6. The molecule has 2 rings (SSSR count). The van der Waals surface area contributed by atoms with Gasteiger partial charge in [-0.1, -0.05) is 6.07 Å². The van der Waals surface area contributed by atoms with E-state index in [-0.39, 0.29) is 6.61 Å². The van der Waals surface area contributed by atoms with E-state index in [2.05, 4.69) is 14.9 Å². The molecule has 0 aliphatic heterocycles. The molecule has 1 aromatic carbocycles. The second-order valence-corrected chi connectivity index (χ2v) is 3.80. The van der Waals surface area contributed by atoms with Gasteiger partial charge >= 0.3 is 18.0 Å². The lowest BCUT2D eigenvalue weighted by Gasteiger charge is -2.08. The van der Waals surface area contributed by atoms with Crippen molar-refractivity contribution >= 4 is 5.97 Å². The first-order valence-electron chi connectivity index (χ1n) is 5.71. The molecule has 0 saturated heterocycles. The smallest absolute Gasteiger partial charge is 0.419 e. The maximum Gasteiger partial charge on any atom is 0.419 e. The van der Waals surface area contributed by atoms with E-state index in [9.17, 15) is 22.4 Å². The zero-order valence-electron chi connectivity index (χ0n) is 10.6. The average Bonchev–Trinajstić information content (AvgIpc) is 2.87. The molecule has 0 atom stereocenters. The van der Waals surface area contributed by atoms with E-state index in [4.69, 9.17) is 4.42 Å². The first-order valence-corrected chi connectivity index (χ1v) is 5.71. The minimum atomic E-state index is -4.86. The van der Waals surface area contributed by atoms with E-state index >= 15 is 0 Å². The van der Waals surface area contributed by atoms with Crippen molar-refractivity contribution in [2.45, 2.75) is 13.1 Å². The third-order valence-corrected chi connectivity index (χ3v) is 2.41. The van der Waals surface area contributed by atoms with Gasteiger partial charge < -0.3 is 9.15 Å². The van der Waals surface area contributed by atoms with E-state index in [0.29, 0.717) is 6.07 Å². The van der Waals surface area contributed by atoms with E-state index < -0.39 is 40.9 Å². The van der Waals surface area contributed by atoms with Crippen LogP contribution in [0.5, 0.6) is 0 Å². The molecule has 2 aromatic rings. The summed E-state index contributed by atoms with van der Waals surface area (Å²) in [5.41, 5.74) is -2.01. The van der Waals surface area contributed by atoms with Crippen LogP contribution >= 0.6 is 0 Å². The average molecular weight is 304 g/mol. The Labute approximate surface area is 115 Å². The second-order valence-electron chi connectivity index (χ2n) is 3.80. The van der Waals surface area contributed by atoms with Crippen molar-refractivity contribution in [3.63, 3.8) is 0 Å². The fourth-order valence-electron chi connectivity index (χ4n) is 1.52. The van der Waals surface area contributed by atoms with Crippen molar-refractivity contribution in [1.82, 2.24) is 10.2 Å². The third kappa shape index (κ3) is 3.01. The second kappa shape index (κ2) is 5.51. The largest absolute Gasteiger partial charge is 0.459 e. The number of rotatable bonds is 3. The highest BCUT2D eigenvalue weighted by molar-refractivity contribution is 5.84. The number of aromatic nitrogens is 2. The topological polar surface area (TPSA) is 65.2 Å². The highest BCUT2D eigenvalue weighted by Crippen LogP contribution is 2.35. The minimum Gasteiger partial charge on any atom is -0.459 e. The van der Waals surface area contributed by atoms with Gasteiger partial charge in [0.05, 0.1) is 17.7 Å². The summed E-state index contributed by atoms with van der Waals surface area (Å²) in [6.45, 7) is 1.59. The molecule has 0 N–H and O–H groups in total. The fourth-order valence-corrected chi connectivity index (χ4v) is 1.52.